The Morgan fingerprint density at radius 1 is 0.480 bits per heavy atom. The molecule has 0 aliphatic carbocycles. The van der Waals surface area contributed by atoms with Crippen LogP contribution in [-0.2, 0) is 24.0 Å². The molecule has 2 aliphatic rings. The second-order valence-electron chi connectivity index (χ2n) is 22.1. The van der Waals surface area contributed by atoms with Gasteiger partial charge >= 0.3 is 0 Å². The third kappa shape index (κ3) is 19.7. The standard InChI is InChI=1S/C26H23Cl3N4O3.C23H17Cl2FN4O2.C23H19Cl2N3O2/c1-15(30)16-2-4-19(22(29)10-16)24(34)13-20-21(26(35)32-25-5-3-17(27)14-31-25)11-18(28)12-23(20)33-6-8-36-9-7-33;24-15-3-1-13(18(11-15)23(32)29-21-6-4-16(25)12-28-21)10-20(31)17-5-2-14(9-19(17)26)22(27)30-7-8-30;1-14(26-2)15-3-5-16(6-4-15)21(29)11-17-7-8-18(24)12-20(17)23(30)28-22-10-9-19(25)13-27-22/h2-5,10-12,14,30H,6-9,13H2,1H3,(H,31,32,35);1-6,9,11-12,27H,7-8,10H2,(H,28,29,32);3-10,12-13H,11H2,1-2H3,(H,27,28,30). The Bertz CT molecular complexity index is 4570. The number of rotatable bonds is 19. The molecule has 0 unspecified atom stereocenters. The van der Waals surface area contributed by atoms with Crippen LogP contribution in [0.15, 0.2) is 169 Å². The number of hydrogen-bond acceptors (Lipinski definition) is 14. The quantitative estimate of drug-likeness (QED) is 0.0219. The number of Topliss-reactive ketones (excluding diaryl/α,β-unsaturated/α-hetero) is 3. The number of halogens is 8. The highest BCUT2D eigenvalue weighted by molar-refractivity contribution is 6.35. The molecule has 5 heterocycles. The highest BCUT2D eigenvalue weighted by Gasteiger charge is 2.27. The van der Waals surface area contributed by atoms with E-state index in [4.69, 9.17) is 96.8 Å². The average Bonchev–Trinajstić information content (AvgIpc) is 0.966. The molecule has 2 saturated heterocycles. The van der Waals surface area contributed by atoms with Crippen molar-refractivity contribution >= 4 is 157 Å². The Balaban J connectivity index is 0.000000173. The Kier molecular flexibility index (Phi) is 25.2. The monoisotopic (exact) mass is 1450 g/mol. The molecule has 98 heavy (non-hydrogen) atoms. The largest absolute Gasteiger partial charge is 0.378 e. The number of ketones is 3. The Labute approximate surface area is 598 Å². The molecule has 0 spiro atoms. The van der Waals surface area contributed by atoms with Crippen LogP contribution < -0.4 is 20.9 Å². The Hall–Kier alpha value is -9.28. The predicted octanol–water partition coefficient (Wildman–Crippen LogP) is 16.3. The minimum atomic E-state index is -0.704. The molecule has 18 nitrogen and oxygen atoms in total. The number of carbonyl (C=O) groups excluding carboxylic acids is 6. The van der Waals surface area contributed by atoms with Gasteiger partial charge in [-0.1, -0.05) is 130 Å². The minimum Gasteiger partial charge on any atom is -0.378 e. The SMILES string of the molecule is CC(=N)c1ccc(C(=O)Cc2c(C(=O)Nc3ccc(Cl)cn3)cc(Cl)cc2N2CCOCC2)c(Cl)c1.CN=C(C)c1ccc(C(=O)Cc2ccc(Cl)cc2C(=O)Nc2ccc(Cl)cn2)cc1.N=C(c1ccc(C(=O)Cc2ccc(Cl)cc2C(=O)Nc2ccc(Cl)cn2)c(F)c1)N1CC1. The van der Waals surface area contributed by atoms with Gasteiger partial charge in [0.2, 0.25) is 0 Å². The number of nitrogens with one attached hydrogen (secondary N) is 5. The zero-order valence-electron chi connectivity index (χ0n) is 52.5. The number of aliphatic imine (C=N–C) groups is 1. The lowest BCUT2D eigenvalue weighted by atomic mass is 9.95. The van der Waals surface area contributed by atoms with Crippen molar-refractivity contribution < 1.29 is 37.9 Å². The van der Waals surface area contributed by atoms with Gasteiger partial charge in [0.1, 0.15) is 29.1 Å². The van der Waals surface area contributed by atoms with Gasteiger partial charge in [-0.25, -0.2) is 19.3 Å². The zero-order chi connectivity index (χ0) is 70.3. The highest BCUT2D eigenvalue weighted by Crippen LogP contribution is 2.33. The number of ether oxygens (including phenoxy) is 1. The van der Waals surface area contributed by atoms with E-state index >= 15 is 0 Å². The lowest BCUT2D eigenvalue weighted by Gasteiger charge is -2.31. The normalized spacial score (nSPS) is 12.4. The van der Waals surface area contributed by atoms with E-state index in [1.165, 1.54) is 36.8 Å². The number of nitrogens with zero attached hydrogens (tertiary/aromatic N) is 6. The van der Waals surface area contributed by atoms with Gasteiger partial charge < -0.3 is 35.9 Å². The van der Waals surface area contributed by atoms with Crippen LogP contribution in [0.5, 0.6) is 0 Å². The summed E-state index contributed by atoms with van der Waals surface area (Å²) in [5, 5.41) is 26.6. The van der Waals surface area contributed by atoms with Gasteiger partial charge in [-0.15, -0.1) is 0 Å². The van der Waals surface area contributed by atoms with E-state index in [9.17, 15) is 33.2 Å². The van der Waals surface area contributed by atoms with Gasteiger partial charge in [0, 0.05) is 137 Å². The van der Waals surface area contributed by atoms with Crippen molar-refractivity contribution in [3.8, 4) is 0 Å². The van der Waals surface area contributed by atoms with Crippen molar-refractivity contribution in [2.45, 2.75) is 33.1 Å². The molecule has 2 fully saturated rings. The molecule has 2 aliphatic heterocycles. The number of anilines is 4. The molecule has 0 atom stereocenters. The maximum atomic E-state index is 14.6. The molecular weight excluding hydrogens is 1400 g/mol. The first-order valence-corrected chi connectivity index (χ1v) is 32.7. The van der Waals surface area contributed by atoms with Gasteiger partial charge in [0.05, 0.1) is 38.9 Å². The Morgan fingerprint density at radius 2 is 0.929 bits per heavy atom. The fourth-order valence-corrected chi connectivity index (χ4v) is 11.1. The smallest absolute Gasteiger partial charge is 0.257 e. The number of morpholine rings is 1. The lowest BCUT2D eigenvalue weighted by Crippen LogP contribution is -2.37. The average molecular weight is 1460 g/mol. The number of amides is 3. The van der Waals surface area contributed by atoms with Gasteiger partial charge in [0.25, 0.3) is 17.7 Å². The second-order valence-corrected chi connectivity index (χ2v) is 25.2. The summed E-state index contributed by atoms with van der Waals surface area (Å²) in [6.07, 6.45) is 4.05. The van der Waals surface area contributed by atoms with Crippen molar-refractivity contribution in [3.05, 3.63) is 272 Å². The van der Waals surface area contributed by atoms with E-state index in [0.717, 1.165) is 24.4 Å². The van der Waals surface area contributed by atoms with Crippen LogP contribution in [-0.4, -0.2) is 119 Å². The first-order chi connectivity index (χ1) is 46.9. The van der Waals surface area contributed by atoms with Gasteiger partial charge in [-0.05, 0) is 139 Å². The van der Waals surface area contributed by atoms with E-state index in [0.29, 0.717) is 124 Å². The maximum absolute atomic E-state index is 14.6. The molecule has 26 heteroatoms. The fourth-order valence-electron chi connectivity index (χ4n) is 9.97. The first kappa shape index (κ1) is 73.0. The molecule has 5 N–H and O–H groups in total. The molecule has 0 radical (unpaired) electrons. The van der Waals surface area contributed by atoms with Crippen molar-refractivity contribution in [1.82, 2.24) is 19.9 Å². The number of carbonyl (C=O) groups is 6. The molecule has 9 aromatic rings. The summed E-state index contributed by atoms with van der Waals surface area (Å²) in [6, 6.07) is 38.6. The van der Waals surface area contributed by atoms with E-state index < -0.39 is 29.3 Å². The van der Waals surface area contributed by atoms with Crippen LogP contribution in [0.2, 0.25) is 35.2 Å². The van der Waals surface area contributed by atoms with Gasteiger partial charge in [-0.3, -0.25) is 39.2 Å². The molecule has 3 aromatic heterocycles. The van der Waals surface area contributed by atoms with Gasteiger partial charge in [0.15, 0.2) is 17.3 Å². The van der Waals surface area contributed by atoms with Crippen LogP contribution in [0.3, 0.4) is 0 Å². The summed E-state index contributed by atoms with van der Waals surface area (Å²) in [6.45, 7) is 7.33. The van der Waals surface area contributed by atoms with Crippen LogP contribution in [0.25, 0.3) is 0 Å². The summed E-state index contributed by atoms with van der Waals surface area (Å²) >= 11 is 42.5. The maximum Gasteiger partial charge on any atom is 0.257 e. The van der Waals surface area contributed by atoms with E-state index in [1.807, 2.05) is 19.1 Å². The topological polar surface area (TPSA) is 253 Å². The second kappa shape index (κ2) is 33.8. The lowest BCUT2D eigenvalue weighted by molar-refractivity contribution is 0.0978. The molecule has 3 amide bonds. The van der Waals surface area contributed by atoms with E-state index in [-0.39, 0.29) is 64.2 Å². The summed E-state index contributed by atoms with van der Waals surface area (Å²) in [4.78, 5) is 98.2. The van der Waals surface area contributed by atoms with Crippen LogP contribution in [0, 0.1) is 16.6 Å². The molecule has 500 valence electrons. The fraction of sp³-hybridized carbons (Fsp3) is 0.167. The van der Waals surface area contributed by atoms with Crippen LogP contribution in [0.1, 0.15) is 109 Å². The third-order valence-corrected chi connectivity index (χ3v) is 17.0. The number of hydrogen-bond donors (Lipinski definition) is 5. The van der Waals surface area contributed by atoms with Crippen LogP contribution >= 0.6 is 81.2 Å². The molecular formula is C72H59Cl7FN11O7. The van der Waals surface area contributed by atoms with Crippen molar-refractivity contribution in [2.75, 3.05) is 67.3 Å². The van der Waals surface area contributed by atoms with Crippen molar-refractivity contribution in [1.29, 1.82) is 10.8 Å². The molecule has 0 bridgehead atoms. The van der Waals surface area contributed by atoms with Crippen molar-refractivity contribution in [2.24, 2.45) is 4.99 Å². The zero-order valence-corrected chi connectivity index (χ0v) is 57.8. The summed E-state index contributed by atoms with van der Waals surface area (Å²) in [5.74, 6) is -1.74. The predicted molar refractivity (Wildman–Crippen MR) is 386 cm³/mol. The number of aromatic nitrogens is 3. The van der Waals surface area contributed by atoms with Gasteiger partial charge in [-0.2, -0.15) is 0 Å². The number of benzene rings is 6. The summed E-state index contributed by atoms with van der Waals surface area (Å²) in [5.41, 5.74) is 6.96. The number of pyridine rings is 3. The highest BCUT2D eigenvalue weighted by atomic mass is 35.5. The summed E-state index contributed by atoms with van der Waals surface area (Å²) < 4.78 is 20.1. The van der Waals surface area contributed by atoms with E-state index in [1.54, 1.807) is 134 Å². The summed E-state index contributed by atoms with van der Waals surface area (Å²) in [7, 11) is 1.72. The van der Waals surface area contributed by atoms with Crippen molar-refractivity contribution in [3.63, 3.8) is 0 Å². The number of amidine groups is 1. The molecule has 6 aromatic carbocycles. The molecule has 0 saturated carbocycles. The molecule has 11 rings (SSSR count). The van der Waals surface area contributed by atoms with Crippen LogP contribution in [0.4, 0.5) is 27.5 Å². The Morgan fingerprint density at radius 3 is 1.40 bits per heavy atom. The minimum absolute atomic E-state index is 0.0637. The first-order valence-electron chi connectivity index (χ1n) is 30.0. The van der Waals surface area contributed by atoms with E-state index in [2.05, 4.69) is 40.8 Å². The third-order valence-electron chi connectivity index (χ3n) is 15.3.